The predicted molar refractivity (Wildman–Crippen MR) is 65.4 cm³/mol. The van der Waals surface area contributed by atoms with Gasteiger partial charge in [0.15, 0.2) is 0 Å². The molecule has 0 saturated heterocycles. The van der Waals surface area contributed by atoms with Crippen LogP contribution in [0.25, 0.3) is 22.2 Å². The molecule has 0 spiro atoms. The molecule has 0 radical (unpaired) electrons. The first-order chi connectivity index (χ1) is 7.75. The highest BCUT2D eigenvalue weighted by molar-refractivity contribution is 5.94. The zero-order chi connectivity index (χ0) is 11.1. The van der Waals surface area contributed by atoms with Crippen molar-refractivity contribution in [3.05, 3.63) is 42.0 Å². The van der Waals surface area contributed by atoms with Crippen LogP contribution in [0.5, 0.6) is 0 Å². The molecule has 0 saturated carbocycles. The summed E-state index contributed by atoms with van der Waals surface area (Å²) < 4.78 is 0. The summed E-state index contributed by atoms with van der Waals surface area (Å²) in [4.78, 5) is 11.0. The first-order valence-corrected chi connectivity index (χ1v) is 5.35. The SMILES string of the molecule is Cc1nc(-c2c[nH]c3ccccc23)c(C)[nH]1. The number of H-pyrrole nitrogens is 2. The minimum absolute atomic E-state index is 0.956. The Labute approximate surface area is 93.5 Å². The van der Waals surface area contributed by atoms with Gasteiger partial charge in [0.1, 0.15) is 5.82 Å². The summed E-state index contributed by atoms with van der Waals surface area (Å²) in [6, 6.07) is 8.28. The van der Waals surface area contributed by atoms with Crippen molar-refractivity contribution in [2.24, 2.45) is 0 Å². The monoisotopic (exact) mass is 211 g/mol. The van der Waals surface area contributed by atoms with Crippen LogP contribution in [-0.2, 0) is 0 Å². The number of para-hydroxylation sites is 1. The zero-order valence-electron chi connectivity index (χ0n) is 9.33. The maximum atomic E-state index is 4.53. The maximum absolute atomic E-state index is 4.53. The van der Waals surface area contributed by atoms with Crippen LogP contribution in [0.2, 0.25) is 0 Å². The van der Waals surface area contributed by atoms with Crippen molar-refractivity contribution in [1.29, 1.82) is 0 Å². The van der Waals surface area contributed by atoms with Crippen LogP contribution in [0.1, 0.15) is 11.5 Å². The van der Waals surface area contributed by atoms with Crippen molar-refractivity contribution in [2.75, 3.05) is 0 Å². The summed E-state index contributed by atoms with van der Waals surface area (Å²) in [5, 5.41) is 1.22. The number of rotatable bonds is 1. The molecule has 0 atom stereocenters. The Kier molecular flexibility index (Phi) is 1.86. The van der Waals surface area contributed by atoms with Crippen LogP contribution >= 0.6 is 0 Å². The van der Waals surface area contributed by atoms with Crippen molar-refractivity contribution in [3.8, 4) is 11.3 Å². The van der Waals surface area contributed by atoms with Crippen molar-refractivity contribution >= 4 is 10.9 Å². The molecule has 2 N–H and O–H groups in total. The lowest BCUT2D eigenvalue weighted by molar-refractivity contribution is 1.13. The van der Waals surface area contributed by atoms with E-state index in [-0.39, 0.29) is 0 Å². The van der Waals surface area contributed by atoms with Gasteiger partial charge < -0.3 is 9.97 Å². The number of nitrogens with zero attached hydrogens (tertiary/aromatic N) is 1. The second-order valence-corrected chi connectivity index (χ2v) is 4.04. The van der Waals surface area contributed by atoms with E-state index < -0.39 is 0 Å². The van der Waals surface area contributed by atoms with E-state index in [4.69, 9.17) is 0 Å². The van der Waals surface area contributed by atoms with Gasteiger partial charge in [0.25, 0.3) is 0 Å². The number of aromatic amines is 2. The number of nitrogens with one attached hydrogen (secondary N) is 2. The molecule has 1 aromatic carbocycles. The molecule has 0 aliphatic heterocycles. The molecule has 2 heterocycles. The van der Waals surface area contributed by atoms with Crippen LogP contribution < -0.4 is 0 Å². The maximum Gasteiger partial charge on any atom is 0.103 e. The Morgan fingerprint density at radius 2 is 1.94 bits per heavy atom. The molecule has 0 aliphatic carbocycles. The van der Waals surface area contributed by atoms with Gasteiger partial charge in [0.2, 0.25) is 0 Å². The first kappa shape index (κ1) is 9.21. The third kappa shape index (κ3) is 1.25. The van der Waals surface area contributed by atoms with Crippen LogP contribution in [0.3, 0.4) is 0 Å². The number of fused-ring (bicyclic) bond motifs is 1. The molecule has 3 aromatic rings. The minimum Gasteiger partial charge on any atom is -0.360 e. The molecule has 3 heteroatoms. The Bertz CT molecular complexity index is 646. The second kappa shape index (κ2) is 3.23. The topological polar surface area (TPSA) is 44.5 Å². The van der Waals surface area contributed by atoms with E-state index in [9.17, 15) is 0 Å². The van der Waals surface area contributed by atoms with Crippen molar-refractivity contribution in [1.82, 2.24) is 15.0 Å². The number of aromatic nitrogens is 3. The highest BCUT2D eigenvalue weighted by atomic mass is 14.9. The molecule has 0 aliphatic rings. The van der Waals surface area contributed by atoms with E-state index in [2.05, 4.69) is 40.1 Å². The lowest BCUT2D eigenvalue weighted by atomic mass is 10.1. The molecule has 0 unspecified atom stereocenters. The van der Waals surface area contributed by atoms with Crippen LogP contribution in [0.15, 0.2) is 30.5 Å². The average molecular weight is 211 g/mol. The Balaban J connectivity index is 2.30. The quantitative estimate of drug-likeness (QED) is 0.638. The smallest absolute Gasteiger partial charge is 0.103 e. The van der Waals surface area contributed by atoms with E-state index in [1.54, 1.807) is 0 Å². The normalized spacial score (nSPS) is 11.1. The first-order valence-electron chi connectivity index (χ1n) is 5.35. The number of hydrogen-bond acceptors (Lipinski definition) is 1. The third-order valence-corrected chi connectivity index (χ3v) is 2.85. The molecular weight excluding hydrogens is 198 g/mol. The minimum atomic E-state index is 0.956. The fraction of sp³-hybridized carbons (Fsp3) is 0.154. The number of benzene rings is 1. The molecule has 16 heavy (non-hydrogen) atoms. The fourth-order valence-corrected chi connectivity index (χ4v) is 2.14. The molecule has 0 bridgehead atoms. The van der Waals surface area contributed by atoms with Gasteiger partial charge in [-0.3, -0.25) is 0 Å². The van der Waals surface area contributed by atoms with E-state index in [1.165, 1.54) is 5.39 Å². The summed E-state index contributed by atoms with van der Waals surface area (Å²) in [5.41, 5.74) is 4.47. The van der Waals surface area contributed by atoms with Gasteiger partial charge in [-0.05, 0) is 19.9 Å². The highest BCUT2D eigenvalue weighted by Crippen LogP contribution is 2.28. The van der Waals surface area contributed by atoms with E-state index in [1.807, 2.05) is 19.2 Å². The Morgan fingerprint density at radius 3 is 2.69 bits per heavy atom. The van der Waals surface area contributed by atoms with E-state index >= 15 is 0 Å². The second-order valence-electron chi connectivity index (χ2n) is 4.04. The zero-order valence-corrected chi connectivity index (χ0v) is 9.33. The van der Waals surface area contributed by atoms with Crippen molar-refractivity contribution in [3.63, 3.8) is 0 Å². The van der Waals surface area contributed by atoms with E-state index in [0.717, 1.165) is 28.3 Å². The van der Waals surface area contributed by atoms with Gasteiger partial charge >= 0.3 is 0 Å². The summed E-state index contributed by atoms with van der Waals surface area (Å²) >= 11 is 0. The summed E-state index contributed by atoms with van der Waals surface area (Å²) in [6.45, 7) is 4.03. The number of imidazole rings is 1. The number of aryl methyl sites for hydroxylation is 2. The summed E-state index contributed by atoms with van der Waals surface area (Å²) in [5.74, 6) is 0.956. The Hall–Kier alpha value is -2.03. The molecule has 2 aromatic heterocycles. The standard InChI is InChI=1S/C13H13N3/c1-8-13(16-9(2)15-8)11-7-14-12-6-4-3-5-10(11)12/h3-7,14H,1-2H3,(H,15,16). The van der Waals surface area contributed by atoms with Gasteiger partial charge in [0, 0.05) is 28.4 Å². The van der Waals surface area contributed by atoms with Crippen LogP contribution in [0, 0.1) is 13.8 Å². The molecule has 3 nitrogen and oxygen atoms in total. The van der Waals surface area contributed by atoms with Crippen LogP contribution in [0.4, 0.5) is 0 Å². The average Bonchev–Trinajstić information content (AvgIpc) is 2.81. The molecule has 0 fully saturated rings. The molecule has 3 rings (SSSR count). The van der Waals surface area contributed by atoms with E-state index in [0.29, 0.717) is 0 Å². The summed E-state index contributed by atoms with van der Waals surface area (Å²) in [6.07, 6.45) is 2.02. The van der Waals surface area contributed by atoms with Gasteiger partial charge in [-0.2, -0.15) is 0 Å². The van der Waals surface area contributed by atoms with Gasteiger partial charge in [-0.1, -0.05) is 18.2 Å². The van der Waals surface area contributed by atoms with Gasteiger partial charge in [-0.25, -0.2) is 4.98 Å². The van der Waals surface area contributed by atoms with Crippen molar-refractivity contribution < 1.29 is 0 Å². The van der Waals surface area contributed by atoms with Gasteiger partial charge in [0.05, 0.1) is 5.69 Å². The largest absolute Gasteiger partial charge is 0.360 e. The lowest BCUT2D eigenvalue weighted by Gasteiger charge is -1.95. The molecule has 0 amide bonds. The van der Waals surface area contributed by atoms with Crippen molar-refractivity contribution in [2.45, 2.75) is 13.8 Å². The highest BCUT2D eigenvalue weighted by Gasteiger charge is 2.11. The third-order valence-electron chi connectivity index (χ3n) is 2.85. The summed E-state index contributed by atoms with van der Waals surface area (Å²) in [7, 11) is 0. The number of hydrogen-bond donors (Lipinski definition) is 2. The lowest BCUT2D eigenvalue weighted by Crippen LogP contribution is -1.78. The van der Waals surface area contributed by atoms with Crippen LogP contribution in [-0.4, -0.2) is 15.0 Å². The van der Waals surface area contributed by atoms with Gasteiger partial charge in [-0.15, -0.1) is 0 Å². The molecule has 80 valence electrons. The fourth-order valence-electron chi connectivity index (χ4n) is 2.14. The Morgan fingerprint density at radius 1 is 1.12 bits per heavy atom. The molecular formula is C13H13N3. The predicted octanol–water partition coefficient (Wildman–Crippen LogP) is 3.17.